The van der Waals surface area contributed by atoms with E-state index >= 15 is 0 Å². The molecule has 44 heavy (non-hydrogen) atoms. The van der Waals surface area contributed by atoms with Crippen LogP contribution < -0.4 is 41.0 Å². The molecule has 6 rings (SSSR count). The zero-order chi connectivity index (χ0) is 32.1. The Morgan fingerprint density at radius 3 is 1.68 bits per heavy atom. The quantitative estimate of drug-likeness (QED) is 0.192. The molecule has 18 heteroatoms. The number of nitrogens with zero attached hydrogens (tertiary/aromatic N) is 4. The predicted molar refractivity (Wildman–Crippen MR) is 146 cm³/mol. The van der Waals surface area contributed by atoms with Crippen LogP contribution in [-0.2, 0) is 12.4 Å². The first kappa shape index (κ1) is 31.5. The van der Waals surface area contributed by atoms with E-state index in [4.69, 9.17) is 30.4 Å². The molecule has 0 saturated heterocycles. The van der Waals surface area contributed by atoms with Crippen LogP contribution in [-0.4, -0.2) is 33.5 Å². The van der Waals surface area contributed by atoms with Crippen LogP contribution in [0.25, 0.3) is 0 Å². The van der Waals surface area contributed by atoms with Crippen molar-refractivity contribution < 1.29 is 45.3 Å². The molecule has 0 atom stereocenters. The number of fused-ring (bicyclic) bond motifs is 2. The van der Waals surface area contributed by atoms with Gasteiger partial charge >= 0.3 is 12.4 Å². The number of hydrogen-bond donors (Lipinski definition) is 4. The molecule has 0 bridgehead atoms. The van der Waals surface area contributed by atoms with Crippen molar-refractivity contribution in [1.29, 1.82) is 0 Å². The van der Waals surface area contributed by atoms with Crippen molar-refractivity contribution in [1.82, 2.24) is 19.9 Å². The van der Waals surface area contributed by atoms with Gasteiger partial charge in [0.05, 0.1) is 0 Å². The van der Waals surface area contributed by atoms with E-state index in [1.54, 1.807) is 30.3 Å². The summed E-state index contributed by atoms with van der Waals surface area (Å²) in [6.07, 6.45) is -7.90. The van der Waals surface area contributed by atoms with E-state index in [1.807, 2.05) is 13.8 Å². The Hall–Kier alpha value is -5.42. The van der Waals surface area contributed by atoms with E-state index in [0.717, 1.165) is 0 Å². The minimum Gasteiger partial charge on any atom is -0.454 e. The lowest BCUT2D eigenvalue weighted by Crippen LogP contribution is -2.12. The molecule has 12 nitrogen and oxygen atoms in total. The molecular formula is C26H24F6N8O4. The SMILES string of the molecule is CC.Nc1nc(Nc2ccc3c(c2)OCO3)ncc1C(F)(F)F.Nc1ncc(C(F)(F)F)c(Nc2ccc3c(c2)OCO3)n1. The molecule has 0 radical (unpaired) electrons. The highest BCUT2D eigenvalue weighted by molar-refractivity contribution is 5.65. The van der Waals surface area contributed by atoms with Gasteiger partial charge < -0.3 is 41.0 Å². The zero-order valence-electron chi connectivity index (χ0n) is 22.9. The Morgan fingerprint density at radius 2 is 1.16 bits per heavy atom. The van der Waals surface area contributed by atoms with Gasteiger partial charge in [0.15, 0.2) is 23.0 Å². The van der Waals surface area contributed by atoms with Crippen LogP contribution in [0.5, 0.6) is 23.0 Å². The third kappa shape index (κ3) is 7.50. The molecule has 0 spiro atoms. The van der Waals surface area contributed by atoms with Gasteiger partial charge in [-0.25, -0.2) is 9.97 Å². The summed E-state index contributed by atoms with van der Waals surface area (Å²) in [6, 6.07) is 9.59. The summed E-state index contributed by atoms with van der Waals surface area (Å²) < 4.78 is 96.9. The Kier molecular flexibility index (Phi) is 9.20. The molecule has 4 aromatic rings. The predicted octanol–water partition coefficient (Wildman–Crippen LogP) is 6.13. The second kappa shape index (κ2) is 12.8. The van der Waals surface area contributed by atoms with Crippen molar-refractivity contribution >= 4 is 34.9 Å². The van der Waals surface area contributed by atoms with Crippen LogP contribution in [0.2, 0.25) is 0 Å². The van der Waals surface area contributed by atoms with Crippen molar-refractivity contribution in [3.05, 3.63) is 59.9 Å². The monoisotopic (exact) mass is 626 g/mol. The van der Waals surface area contributed by atoms with E-state index in [1.165, 1.54) is 6.07 Å². The van der Waals surface area contributed by atoms with Gasteiger partial charge in [-0.05, 0) is 24.3 Å². The minimum absolute atomic E-state index is 0.0423. The van der Waals surface area contributed by atoms with Crippen LogP contribution >= 0.6 is 0 Å². The topological polar surface area (TPSA) is 165 Å². The molecular weight excluding hydrogens is 602 g/mol. The van der Waals surface area contributed by atoms with Gasteiger partial charge in [0.2, 0.25) is 25.5 Å². The number of alkyl halides is 6. The average molecular weight is 627 g/mol. The Bertz CT molecular complexity index is 1620. The summed E-state index contributed by atoms with van der Waals surface area (Å²) in [7, 11) is 0. The summed E-state index contributed by atoms with van der Waals surface area (Å²) >= 11 is 0. The molecule has 2 aromatic carbocycles. The number of anilines is 6. The van der Waals surface area contributed by atoms with Crippen molar-refractivity contribution in [3.8, 4) is 23.0 Å². The van der Waals surface area contributed by atoms with Gasteiger partial charge in [-0.15, -0.1) is 0 Å². The Balaban J connectivity index is 0.000000190. The van der Waals surface area contributed by atoms with E-state index in [0.29, 0.717) is 46.8 Å². The maximum Gasteiger partial charge on any atom is 0.421 e. The average Bonchev–Trinajstić information content (AvgIpc) is 3.62. The normalized spacial score (nSPS) is 12.8. The van der Waals surface area contributed by atoms with Crippen molar-refractivity contribution in [2.75, 3.05) is 35.7 Å². The molecule has 0 unspecified atom stereocenters. The van der Waals surface area contributed by atoms with Crippen molar-refractivity contribution in [2.24, 2.45) is 0 Å². The van der Waals surface area contributed by atoms with Gasteiger partial charge in [-0.1, -0.05) is 13.8 Å². The summed E-state index contributed by atoms with van der Waals surface area (Å²) in [5.41, 5.74) is 9.46. The lowest BCUT2D eigenvalue weighted by atomic mass is 10.2. The molecule has 0 aliphatic carbocycles. The molecule has 0 amide bonds. The molecule has 2 aliphatic rings. The third-order valence-corrected chi connectivity index (χ3v) is 5.50. The first-order valence-electron chi connectivity index (χ1n) is 12.6. The molecule has 234 valence electrons. The fourth-order valence-electron chi connectivity index (χ4n) is 3.59. The number of nitrogens with one attached hydrogen (secondary N) is 2. The van der Waals surface area contributed by atoms with Crippen molar-refractivity contribution in [3.63, 3.8) is 0 Å². The van der Waals surface area contributed by atoms with Crippen LogP contribution in [0.15, 0.2) is 48.8 Å². The van der Waals surface area contributed by atoms with Gasteiger partial charge in [0.1, 0.15) is 22.8 Å². The number of benzene rings is 2. The molecule has 2 aliphatic heterocycles. The molecule has 0 fully saturated rings. The number of ether oxygens (including phenoxy) is 4. The zero-order valence-corrected chi connectivity index (χ0v) is 22.9. The highest BCUT2D eigenvalue weighted by atomic mass is 19.4. The number of hydrogen-bond acceptors (Lipinski definition) is 12. The van der Waals surface area contributed by atoms with Gasteiger partial charge in [-0.3, -0.25) is 0 Å². The van der Waals surface area contributed by atoms with Gasteiger partial charge in [0, 0.05) is 35.9 Å². The summed E-state index contributed by atoms with van der Waals surface area (Å²) in [5, 5.41) is 5.31. The Labute approximate surface area is 245 Å². The Morgan fingerprint density at radius 1 is 0.659 bits per heavy atom. The number of halogens is 6. The van der Waals surface area contributed by atoms with E-state index < -0.39 is 35.1 Å². The number of nitrogens with two attached hydrogens (primary N) is 2. The standard InChI is InChI=1S/2C12H9F3N4O2.C2H6/c13-12(14,15)7-4-17-11(16)19-10(7)18-6-1-2-8-9(3-6)21-5-20-8;13-12(14,15)7-4-17-11(19-10(7)16)18-6-1-2-8-9(3-6)21-5-20-8;1-2/h2*1-4H,5H2,(H3,16,17,18,19);1-2H3. The van der Waals surface area contributed by atoms with Crippen LogP contribution in [0.4, 0.5) is 61.2 Å². The maximum atomic E-state index is 12.9. The largest absolute Gasteiger partial charge is 0.454 e. The lowest BCUT2D eigenvalue weighted by Gasteiger charge is -2.13. The fraction of sp³-hybridized carbons (Fsp3) is 0.231. The maximum absolute atomic E-state index is 12.9. The number of rotatable bonds is 4. The summed E-state index contributed by atoms with van der Waals surface area (Å²) in [6.45, 7) is 4.20. The second-order valence-electron chi connectivity index (χ2n) is 8.36. The number of nitrogen functional groups attached to an aromatic ring is 2. The highest BCUT2D eigenvalue weighted by Gasteiger charge is 2.36. The van der Waals surface area contributed by atoms with Crippen molar-refractivity contribution in [2.45, 2.75) is 26.2 Å². The first-order chi connectivity index (χ1) is 20.9. The summed E-state index contributed by atoms with van der Waals surface area (Å²) in [5.74, 6) is 0.725. The lowest BCUT2D eigenvalue weighted by molar-refractivity contribution is -0.138. The smallest absolute Gasteiger partial charge is 0.421 e. The minimum atomic E-state index is -4.59. The van der Waals surface area contributed by atoms with Gasteiger partial charge in [0.25, 0.3) is 0 Å². The molecule has 0 saturated carbocycles. The van der Waals surface area contributed by atoms with E-state index in [-0.39, 0.29) is 25.5 Å². The molecule has 4 heterocycles. The third-order valence-electron chi connectivity index (χ3n) is 5.50. The first-order valence-corrected chi connectivity index (χ1v) is 12.6. The van der Waals surface area contributed by atoms with Crippen LogP contribution in [0, 0.1) is 0 Å². The fourth-order valence-corrected chi connectivity index (χ4v) is 3.59. The van der Waals surface area contributed by atoms with Gasteiger partial charge in [-0.2, -0.15) is 36.3 Å². The van der Waals surface area contributed by atoms with E-state index in [2.05, 4.69) is 30.6 Å². The second-order valence-corrected chi connectivity index (χ2v) is 8.36. The summed E-state index contributed by atoms with van der Waals surface area (Å²) in [4.78, 5) is 14.2. The molecule has 2 aromatic heterocycles. The molecule has 6 N–H and O–H groups in total. The van der Waals surface area contributed by atoms with Crippen LogP contribution in [0.3, 0.4) is 0 Å². The van der Waals surface area contributed by atoms with Crippen LogP contribution in [0.1, 0.15) is 25.0 Å². The highest BCUT2D eigenvalue weighted by Crippen LogP contribution is 2.39. The van der Waals surface area contributed by atoms with E-state index in [9.17, 15) is 26.3 Å². The number of aromatic nitrogens is 4.